The molecule has 2 unspecified atom stereocenters. The van der Waals surface area contributed by atoms with Crippen molar-refractivity contribution in [2.24, 2.45) is 5.41 Å². The summed E-state index contributed by atoms with van der Waals surface area (Å²) in [4.78, 5) is 15.6. The molecule has 1 aliphatic heterocycles. The highest BCUT2D eigenvalue weighted by Crippen LogP contribution is 2.47. The van der Waals surface area contributed by atoms with Crippen LogP contribution in [0.2, 0.25) is 0 Å². The van der Waals surface area contributed by atoms with E-state index in [2.05, 4.69) is 24.4 Å². The molecule has 0 spiro atoms. The number of methoxy groups -OCH3 is 1. The molecule has 2 atom stereocenters. The Morgan fingerprint density at radius 2 is 1.55 bits per heavy atom. The number of benzene rings is 3. The van der Waals surface area contributed by atoms with E-state index in [-0.39, 0.29) is 11.9 Å². The maximum absolute atomic E-state index is 13.7. The van der Waals surface area contributed by atoms with Gasteiger partial charge in [0.05, 0.1) is 24.3 Å². The lowest BCUT2D eigenvalue weighted by Crippen LogP contribution is -2.40. The molecule has 0 radical (unpaired) electrons. The number of carbonyl (C=O) groups excluding carboxylic acids is 1. The second-order valence-corrected chi connectivity index (χ2v) is 7.65. The van der Waals surface area contributed by atoms with Crippen LogP contribution in [0.3, 0.4) is 0 Å². The fourth-order valence-corrected chi connectivity index (χ4v) is 4.17. The number of nitrogens with zero attached hydrogens (tertiary/aromatic N) is 1. The van der Waals surface area contributed by atoms with Gasteiger partial charge in [-0.05, 0) is 43.2 Å². The molecule has 1 saturated heterocycles. The Kier molecular flexibility index (Phi) is 5.26. The van der Waals surface area contributed by atoms with Crippen LogP contribution in [0, 0.1) is 5.41 Å². The Hall–Kier alpha value is -3.27. The van der Waals surface area contributed by atoms with Gasteiger partial charge in [0.15, 0.2) is 0 Å². The molecule has 1 aliphatic rings. The van der Waals surface area contributed by atoms with Gasteiger partial charge in [-0.1, -0.05) is 60.7 Å². The number of anilines is 2. The molecule has 29 heavy (non-hydrogen) atoms. The minimum absolute atomic E-state index is 0.110. The zero-order valence-electron chi connectivity index (χ0n) is 16.8. The normalized spacial score (nSPS) is 19.8. The summed E-state index contributed by atoms with van der Waals surface area (Å²) in [5.74, 6) is 0.830. The first-order valence-electron chi connectivity index (χ1n) is 9.95. The minimum Gasteiger partial charge on any atom is -0.495 e. The fourth-order valence-electron chi connectivity index (χ4n) is 4.17. The molecule has 0 aliphatic carbocycles. The molecule has 3 aromatic carbocycles. The number of carbonyl (C=O) groups is 1. The van der Waals surface area contributed by atoms with Gasteiger partial charge in [0.25, 0.3) is 0 Å². The van der Waals surface area contributed by atoms with E-state index < -0.39 is 5.41 Å². The van der Waals surface area contributed by atoms with Crippen LogP contribution >= 0.6 is 0 Å². The van der Waals surface area contributed by atoms with E-state index in [1.54, 1.807) is 7.11 Å². The van der Waals surface area contributed by atoms with Gasteiger partial charge in [-0.15, -0.1) is 0 Å². The lowest BCUT2D eigenvalue weighted by Gasteiger charge is -2.34. The van der Waals surface area contributed by atoms with E-state index in [4.69, 9.17) is 4.74 Å². The number of nitrogens with one attached hydrogen (secondary N) is 1. The average Bonchev–Trinajstić information content (AvgIpc) is 3.08. The first-order chi connectivity index (χ1) is 14.1. The predicted molar refractivity (Wildman–Crippen MR) is 117 cm³/mol. The molecule has 4 nitrogen and oxygen atoms in total. The van der Waals surface area contributed by atoms with Crippen molar-refractivity contribution in [2.75, 3.05) is 23.9 Å². The molecule has 148 valence electrons. The van der Waals surface area contributed by atoms with Gasteiger partial charge < -0.3 is 15.0 Å². The zero-order chi connectivity index (χ0) is 20.3. The predicted octanol–water partition coefficient (Wildman–Crippen LogP) is 5.29. The van der Waals surface area contributed by atoms with Crippen LogP contribution < -0.4 is 15.0 Å². The summed E-state index contributed by atoms with van der Waals surface area (Å²) in [5.41, 5.74) is 2.35. The smallest absolute Gasteiger partial charge is 0.235 e. The summed E-state index contributed by atoms with van der Waals surface area (Å²) in [6, 6.07) is 27.9. The molecule has 3 aromatic rings. The van der Waals surface area contributed by atoms with Crippen LogP contribution in [0.4, 0.5) is 11.4 Å². The van der Waals surface area contributed by atoms with Crippen LogP contribution in [-0.4, -0.2) is 19.6 Å². The standard InChI is InChI=1S/C25H26N2O2/c1-25(17-18-27(24(25)28)21-15-9-10-16-22(21)29-2)23(19-11-5-3-6-12-19)26-20-13-7-4-8-14-20/h3-16,23,26H,17-18H2,1-2H3. The Bertz CT molecular complexity index is 974. The summed E-state index contributed by atoms with van der Waals surface area (Å²) in [7, 11) is 1.64. The lowest BCUT2D eigenvalue weighted by atomic mass is 9.77. The maximum atomic E-state index is 13.7. The Morgan fingerprint density at radius 1 is 0.931 bits per heavy atom. The van der Waals surface area contributed by atoms with E-state index in [1.807, 2.05) is 77.7 Å². The molecular weight excluding hydrogens is 360 g/mol. The molecule has 4 rings (SSSR count). The van der Waals surface area contributed by atoms with E-state index in [9.17, 15) is 4.79 Å². The number of ether oxygens (including phenoxy) is 1. The van der Waals surface area contributed by atoms with Crippen LogP contribution in [0.25, 0.3) is 0 Å². The second kappa shape index (κ2) is 8.00. The van der Waals surface area contributed by atoms with Gasteiger partial charge >= 0.3 is 0 Å². The SMILES string of the molecule is COc1ccccc1N1CCC(C)(C(Nc2ccccc2)c2ccccc2)C1=O. The van der Waals surface area contributed by atoms with Gasteiger partial charge in [0.2, 0.25) is 5.91 Å². The minimum atomic E-state index is -0.585. The zero-order valence-corrected chi connectivity index (χ0v) is 16.8. The Balaban J connectivity index is 1.71. The van der Waals surface area contributed by atoms with E-state index >= 15 is 0 Å². The van der Waals surface area contributed by atoms with Crippen molar-refractivity contribution in [3.05, 3.63) is 90.5 Å². The second-order valence-electron chi connectivity index (χ2n) is 7.65. The summed E-state index contributed by atoms with van der Waals surface area (Å²) in [5, 5.41) is 3.63. The van der Waals surface area contributed by atoms with Crippen molar-refractivity contribution in [1.82, 2.24) is 0 Å². The molecule has 1 N–H and O–H groups in total. The van der Waals surface area contributed by atoms with Crippen molar-refractivity contribution in [1.29, 1.82) is 0 Å². The third-order valence-electron chi connectivity index (χ3n) is 5.82. The highest BCUT2D eigenvalue weighted by atomic mass is 16.5. The van der Waals surface area contributed by atoms with Gasteiger partial charge in [-0.3, -0.25) is 4.79 Å². The highest BCUT2D eigenvalue weighted by Gasteiger charge is 2.49. The van der Waals surface area contributed by atoms with Crippen LogP contribution in [0.5, 0.6) is 5.75 Å². The number of hydrogen-bond donors (Lipinski definition) is 1. The Labute approximate surface area is 172 Å². The molecule has 0 aromatic heterocycles. The topological polar surface area (TPSA) is 41.6 Å². The molecule has 0 bridgehead atoms. The van der Waals surface area contributed by atoms with Crippen molar-refractivity contribution in [3.8, 4) is 5.75 Å². The highest BCUT2D eigenvalue weighted by molar-refractivity contribution is 6.01. The average molecular weight is 386 g/mol. The van der Waals surface area contributed by atoms with Gasteiger partial charge in [0, 0.05) is 12.2 Å². The molecule has 1 fully saturated rings. The number of hydrogen-bond acceptors (Lipinski definition) is 3. The van der Waals surface area contributed by atoms with Gasteiger partial charge in [0.1, 0.15) is 5.75 Å². The van der Waals surface area contributed by atoms with E-state index in [0.29, 0.717) is 6.54 Å². The molecule has 1 amide bonds. The first-order valence-corrected chi connectivity index (χ1v) is 9.95. The molecular formula is C25H26N2O2. The Morgan fingerprint density at radius 3 is 2.24 bits per heavy atom. The van der Waals surface area contributed by atoms with Crippen LogP contribution in [0.1, 0.15) is 24.9 Å². The third kappa shape index (κ3) is 3.58. The fraction of sp³-hybridized carbons (Fsp3) is 0.240. The molecule has 4 heteroatoms. The summed E-state index contributed by atoms with van der Waals surface area (Å²) in [6.45, 7) is 2.73. The van der Waals surface area contributed by atoms with Crippen LogP contribution in [0.15, 0.2) is 84.9 Å². The monoisotopic (exact) mass is 386 g/mol. The maximum Gasteiger partial charge on any atom is 0.235 e. The van der Waals surface area contributed by atoms with E-state index in [1.165, 1.54) is 0 Å². The van der Waals surface area contributed by atoms with Gasteiger partial charge in [-0.2, -0.15) is 0 Å². The summed E-state index contributed by atoms with van der Waals surface area (Å²) >= 11 is 0. The molecule has 0 saturated carbocycles. The van der Waals surface area contributed by atoms with Crippen molar-refractivity contribution >= 4 is 17.3 Å². The quantitative estimate of drug-likeness (QED) is 0.626. The third-order valence-corrected chi connectivity index (χ3v) is 5.82. The van der Waals surface area contributed by atoms with Gasteiger partial charge in [-0.25, -0.2) is 0 Å². The number of amides is 1. The number of para-hydroxylation sites is 3. The largest absolute Gasteiger partial charge is 0.495 e. The first kappa shape index (κ1) is 19.1. The summed E-state index contributed by atoms with van der Waals surface area (Å²) < 4.78 is 5.51. The van der Waals surface area contributed by atoms with E-state index in [0.717, 1.165) is 29.1 Å². The number of rotatable bonds is 6. The van der Waals surface area contributed by atoms with Crippen LogP contribution in [-0.2, 0) is 4.79 Å². The molecule has 1 heterocycles. The van der Waals surface area contributed by atoms with Crippen molar-refractivity contribution < 1.29 is 9.53 Å². The van der Waals surface area contributed by atoms with Crippen molar-refractivity contribution in [3.63, 3.8) is 0 Å². The van der Waals surface area contributed by atoms with Crippen molar-refractivity contribution in [2.45, 2.75) is 19.4 Å². The lowest BCUT2D eigenvalue weighted by molar-refractivity contribution is -0.125. The summed E-state index contributed by atoms with van der Waals surface area (Å²) in [6.07, 6.45) is 0.753.